The lowest BCUT2D eigenvalue weighted by Gasteiger charge is -2.33. The maximum atomic E-state index is 11.7. The van der Waals surface area contributed by atoms with Crippen LogP contribution in [0, 0.1) is 11.3 Å². The summed E-state index contributed by atoms with van der Waals surface area (Å²) < 4.78 is 0. The van der Waals surface area contributed by atoms with Gasteiger partial charge in [-0.3, -0.25) is 4.79 Å². The molecule has 1 aromatic rings. The highest BCUT2D eigenvalue weighted by Crippen LogP contribution is 2.29. The number of rotatable bonds is 1. The first-order chi connectivity index (χ1) is 7.77. The van der Waals surface area contributed by atoms with Crippen molar-refractivity contribution in [2.75, 3.05) is 6.54 Å². The fourth-order valence-corrected chi connectivity index (χ4v) is 2.18. The first-order valence-corrected chi connectivity index (χ1v) is 5.54. The van der Waals surface area contributed by atoms with Crippen LogP contribution in [0.4, 0.5) is 0 Å². The molecule has 0 bridgehead atoms. The Morgan fingerprint density at radius 3 is 3.00 bits per heavy atom. The van der Waals surface area contributed by atoms with Crippen molar-refractivity contribution in [3.63, 3.8) is 0 Å². The molecule has 1 aliphatic rings. The molecule has 0 aromatic heterocycles. The first kappa shape index (κ1) is 10.7. The molecule has 0 unspecified atom stereocenters. The van der Waals surface area contributed by atoms with E-state index in [1.807, 2.05) is 31.2 Å². The molecule has 2 rings (SSSR count). The van der Waals surface area contributed by atoms with E-state index in [-0.39, 0.29) is 5.91 Å². The molecular formula is C13H14N2O. The molecule has 3 nitrogen and oxygen atoms in total. The number of benzene rings is 1. The van der Waals surface area contributed by atoms with E-state index in [9.17, 15) is 10.1 Å². The summed E-state index contributed by atoms with van der Waals surface area (Å²) in [5.74, 6) is 0.0565. The molecular weight excluding hydrogens is 200 g/mol. The van der Waals surface area contributed by atoms with Crippen LogP contribution >= 0.6 is 0 Å². The average Bonchev–Trinajstić information content (AvgIpc) is 2.36. The van der Waals surface area contributed by atoms with Crippen molar-refractivity contribution in [1.29, 1.82) is 5.26 Å². The van der Waals surface area contributed by atoms with Crippen molar-refractivity contribution in [3.05, 3.63) is 35.4 Å². The molecule has 82 valence electrons. The number of carbonyl (C=O) groups is 1. The van der Waals surface area contributed by atoms with Crippen LogP contribution in [0.3, 0.4) is 0 Å². The highest BCUT2D eigenvalue weighted by atomic mass is 16.2. The Morgan fingerprint density at radius 1 is 1.56 bits per heavy atom. The van der Waals surface area contributed by atoms with E-state index in [1.54, 1.807) is 4.90 Å². The van der Waals surface area contributed by atoms with Crippen molar-refractivity contribution in [1.82, 2.24) is 4.90 Å². The summed E-state index contributed by atoms with van der Waals surface area (Å²) in [5.41, 5.74) is 2.17. The van der Waals surface area contributed by atoms with Crippen LogP contribution in [0.2, 0.25) is 0 Å². The Labute approximate surface area is 95.3 Å². The van der Waals surface area contributed by atoms with Gasteiger partial charge in [0.05, 0.1) is 6.07 Å². The number of nitriles is 1. The van der Waals surface area contributed by atoms with Crippen molar-refractivity contribution < 1.29 is 4.79 Å². The van der Waals surface area contributed by atoms with Gasteiger partial charge in [-0.05, 0) is 17.5 Å². The number of hydrogen-bond donors (Lipinski definition) is 0. The second-order valence-electron chi connectivity index (χ2n) is 3.92. The summed E-state index contributed by atoms with van der Waals surface area (Å²) in [7, 11) is 0. The number of amides is 1. The van der Waals surface area contributed by atoms with Crippen LogP contribution in [-0.2, 0) is 11.2 Å². The highest BCUT2D eigenvalue weighted by Gasteiger charge is 2.29. The molecule has 3 heteroatoms. The lowest BCUT2D eigenvalue weighted by molar-refractivity contribution is -0.132. The van der Waals surface area contributed by atoms with Crippen molar-refractivity contribution in [3.8, 4) is 6.07 Å². The van der Waals surface area contributed by atoms with Gasteiger partial charge < -0.3 is 4.90 Å². The molecule has 1 aromatic carbocycles. The molecule has 1 atom stereocenters. The maximum absolute atomic E-state index is 11.7. The van der Waals surface area contributed by atoms with E-state index in [0.717, 1.165) is 12.0 Å². The van der Waals surface area contributed by atoms with Crippen LogP contribution in [0.25, 0.3) is 0 Å². The highest BCUT2D eigenvalue weighted by molar-refractivity contribution is 5.77. The third-order valence-corrected chi connectivity index (χ3v) is 3.03. The summed E-state index contributed by atoms with van der Waals surface area (Å²) in [6.45, 7) is 2.49. The molecule has 0 spiro atoms. The Bertz CT molecular complexity index is 447. The lowest BCUT2D eigenvalue weighted by Crippen LogP contribution is -2.39. The van der Waals surface area contributed by atoms with E-state index in [2.05, 4.69) is 6.07 Å². The quantitative estimate of drug-likeness (QED) is 0.718. The second kappa shape index (κ2) is 4.36. The molecule has 0 saturated heterocycles. The summed E-state index contributed by atoms with van der Waals surface area (Å²) in [4.78, 5) is 13.4. The number of hydrogen-bond acceptors (Lipinski definition) is 2. The van der Waals surface area contributed by atoms with Gasteiger partial charge >= 0.3 is 0 Å². The molecule has 1 heterocycles. The number of nitrogens with zero attached hydrogens (tertiary/aromatic N) is 2. The third kappa shape index (κ3) is 1.67. The summed E-state index contributed by atoms with van der Waals surface area (Å²) >= 11 is 0. The fraction of sp³-hybridized carbons (Fsp3) is 0.385. The van der Waals surface area contributed by atoms with Gasteiger partial charge in [0.2, 0.25) is 5.91 Å². The Morgan fingerprint density at radius 2 is 2.31 bits per heavy atom. The van der Waals surface area contributed by atoms with Crippen LogP contribution < -0.4 is 0 Å². The van der Waals surface area contributed by atoms with Gasteiger partial charge in [-0.2, -0.15) is 5.26 Å². The molecule has 0 saturated carbocycles. The van der Waals surface area contributed by atoms with E-state index in [1.165, 1.54) is 5.56 Å². The summed E-state index contributed by atoms with van der Waals surface area (Å²) in [5, 5.41) is 9.21. The molecule has 1 aliphatic heterocycles. The van der Waals surface area contributed by atoms with Gasteiger partial charge in [-0.25, -0.2) is 0 Å². The van der Waals surface area contributed by atoms with Crippen LogP contribution in [-0.4, -0.2) is 17.4 Å². The minimum absolute atomic E-state index is 0.0565. The van der Waals surface area contributed by atoms with Gasteiger partial charge in [0.1, 0.15) is 6.04 Å². The van der Waals surface area contributed by atoms with Gasteiger partial charge in [-0.1, -0.05) is 31.2 Å². The zero-order valence-corrected chi connectivity index (χ0v) is 9.31. The Kier molecular flexibility index (Phi) is 2.91. The van der Waals surface area contributed by atoms with Gasteiger partial charge in [0, 0.05) is 13.0 Å². The summed E-state index contributed by atoms with van der Waals surface area (Å²) in [6, 6.07) is 9.70. The molecule has 0 fully saturated rings. The zero-order chi connectivity index (χ0) is 11.5. The number of fused-ring (bicyclic) bond motifs is 1. The van der Waals surface area contributed by atoms with Crippen molar-refractivity contribution in [2.24, 2.45) is 0 Å². The van der Waals surface area contributed by atoms with Crippen molar-refractivity contribution in [2.45, 2.75) is 25.8 Å². The van der Waals surface area contributed by atoms with Crippen LogP contribution in [0.15, 0.2) is 24.3 Å². The van der Waals surface area contributed by atoms with Gasteiger partial charge in [0.25, 0.3) is 0 Å². The Hall–Kier alpha value is -1.82. The average molecular weight is 214 g/mol. The smallest absolute Gasteiger partial charge is 0.223 e. The first-order valence-electron chi connectivity index (χ1n) is 5.54. The van der Waals surface area contributed by atoms with Gasteiger partial charge in [0.15, 0.2) is 0 Å². The van der Waals surface area contributed by atoms with Crippen LogP contribution in [0.5, 0.6) is 0 Å². The third-order valence-electron chi connectivity index (χ3n) is 3.03. The topological polar surface area (TPSA) is 44.1 Å². The van der Waals surface area contributed by atoms with E-state index >= 15 is 0 Å². The van der Waals surface area contributed by atoms with Gasteiger partial charge in [-0.15, -0.1) is 0 Å². The molecule has 1 amide bonds. The monoisotopic (exact) mass is 214 g/mol. The standard InChI is InChI=1S/C13H14N2O/c1-2-13(16)15-8-7-10-5-3-4-6-11(10)12(15)9-14/h3-6,12H,2,7-8H2,1H3/t12-/m1/s1. The van der Waals surface area contributed by atoms with Crippen LogP contribution in [0.1, 0.15) is 30.5 Å². The number of carbonyl (C=O) groups excluding carboxylic acids is 1. The lowest BCUT2D eigenvalue weighted by atomic mass is 9.93. The Balaban J connectivity index is 2.38. The zero-order valence-electron chi connectivity index (χ0n) is 9.31. The predicted octanol–water partition coefficient (Wildman–Crippen LogP) is 2.05. The maximum Gasteiger partial charge on any atom is 0.223 e. The van der Waals surface area contributed by atoms with Crippen molar-refractivity contribution >= 4 is 5.91 Å². The largest absolute Gasteiger partial charge is 0.322 e. The predicted molar refractivity (Wildman–Crippen MR) is 60.5 cm³/mol. The second-order valence-corrected chi connectivity index (χ2v) is 3.92. The summed E-state index contributed by atoms with van der Waals surface area (Å²) in [6.07, 6.45) is 1.31. The minimum atomic E-state index is -0.405. The normalized spacial score (nSPS) is 18.8. The molecule has 0 N–H and O–H groups in total. The van der Waals surface area contributed by atoms with E-state index in [0.29, 0.717) is 13.0 Å². The molecule has 0 aliphatic carbocycles. The fourth-order valence-electron chi connectivity index (χ4n) is 2.18. The molecule has 16 heavy (non-hydrogen) atoms. The SMILES string of the molecule is CCC(=O)N1CCc2ccccc2[C@H]1C#N. The minimum Gasteiger partial charge on any atom is -0.322 e. The van der Waals surface area contributed by atoms with E-state index in [4.69, 9.17) is 0 Å². The molecule has 0 radical (unpaired) electrons. The van der Waals surface area contributed by atoms with E-state index < -0.39 is 6.04 Å².